The van der Waals surface area contributed by atoms with Crippen LogP contribution in [-0.2, 0) is 14.4 Å². The molecule has 0 bridgehead atoms. The average molecular weight is 442 g/mol. The number of methoxy groups -OCH3 is 2. The molecule has 4 rings (SSSR count). The Labute approximate surface area is 183 Å². The van der Waals surface area contributed by atoms with Crippen molar-refractivity contribution < 1.29 is 23.9 Å². The van der Waals surface area contributed by atoms with Gasteiger partial charge in [-0.25, -0.2) is 4.98 Å². The first kappa shape index (κ1) is 21.0. The van der Waals surface area contributed by atoms with Gasteiger partial charge in [0.15, 0.2) is 16.6 Å². The van der Waals surface area contributed by atoms with Crippen molar-refractivity contribution in [3.63, 3.8) is 0 Å². The van der Waals surface area contributed by atoms with Gasteiger partial charge < -0.3 is 14.8 Å². The van der Waals surface area contributed by atoms with E-state index in [-0.39, 0.29) is 23.7 Å². The highest BCUT2D eigenvalue weighted by Crippen LogP contribution is 2.37. The number of likely N-dealkylation sites (tertiary alicyclic amines) is 1. The molecule has 3 amide bonds. The van der Waals surface area contributed by atoms with Crippen molar-refractivity contribution in [3.8, 4) is 22.8 Å². The molecular weight excluding hydrogens is 418 g/mol. The minimum atomic E-state index is -0.904. The molecule has 31 heavy (non-hydrogen) atoms. The number of rotatable bonds is 6. The molecule has 1 saturated heterocycles. The summed E-state index contributed by atoms with van der Waals surface area (Å²) in [5.41, 5.74) is 1.48. The number of allylic oxidation sites excluding steroid dienone is 2. The Morgan fingerprint density at radius 1 is 1.13 bits per heavy atom. The van der Waals surface area contributed by atoms with E-state index in [1.54, 1.807) is 33.3 Å². The fraction of sp³-hybridized carbons (Fsp3) is 0.364. The molecule has 1 aliphatic carbocycles. The van der Waals surface area contributed by atoms with Gasteiger partial charge in [0.1, 0.15) is 6.04 Å². The van der Waals surface area contributed by atoms with Crippen LogP contribution in [0.15, 0.2) is 35.7 Å². The van der Waals surface area contributed by atoms with E-state index in [0.29, 0.717) is 35.2 Å². The summed E-state index contributed by atoms with van der Waals surface area (Å²) in [5.74, 6) is -0.511. The molecule has 2 heterocycles. The average Bonchev–Trinajstić information content (AvgIpc) is 3.35. The first-order chi connectivity index (χ1) is 14.9. The molecule has 1 aliphatic heterocycles. The quantitative estimate of drug-likeness (QED) is 0.546. The van der Waals surface area contributed by atoms with Crippen LogP contribution in [0.5, 0.6) is 11.5 Å². The minimum Gasteiger partial charge on any atom is -0.493 e. The molecular formula is C22H23N3O5S. The number of thiazole rings is 1. The number of anilines is 1. The van der Waals surface area contributed by atoms with Crippen LogP contribution in [0.3, 0.4) is 0 Å². The Morgan fingerprint density at radius 2 is 1.77 bits per heavy atom. The van der Waals surface area contributed by atoms with Crippen LogP contribution >= 0.6 is 11.3 Å². The second kappa shape index (κ2) is 8.50. The predicted molar refractivity (Wildman–Crippen MR) is 116 cm³/mol. The standard InChI is InChI=1S/C22H23N3O5S/c1-12(25-20(27)14-6-4-5-7-15(14)21(25)28)19(26)24-22-23-16(11-31-22)13-8-9-17(29-2)18(10-13)30-3/h4-5,8-12,14-15H,6-7H2,1-3H3,(H,23,24,26)/t12-,14-,15-/m0/s1. The number of nitrogens with zero attached hydrogens (tertiary/aromatic N) is 2. The molecule has 1 aromatic heterocycles. The van der Waals surface area contributed by atoms with Gasteiger partial charge in [0, 0.05) is 10.9 Å². The van der Waals surface area contributed by atoms with E-state index in [9.17, 15) is 14.4 Å². The van der Waals surface area contributed by atoms with Crippen molar-refractivity contribution in [2.75, 3.05) is 19.5 Å². The number of fused-ring (bicyclic) bond motifs is 1. The maximum Gasteiger partial charge on any atom is 0.249 e. The molecule has 3 atom stereocenters. The number of aromatic nitrogens is 1. The van der Waals surface area contributed by atoms with Crippen molar-refractivity contribution in [2.45, 2.75) is 25.8 Å². The molecule has 0 saturated carbocycles. The van der Waals surface area contributed by atoms with Gasteiger partial charge in [-0.05, 0) is 38.0 Å². The second-order valence-corrected chi connectivity index (χ2v) is 8.33. The molecule has 1 aromatic carbocycles. The largest absolute Gasteiger partial charge is 0.493 e. The molecule has 0 radical (unpaired) electrons. The van der Waals surface area contributed by atoms with E-state index in [2.05, 4.69) is 10.3 Å². The number of carbonyl (C=O) groups is 3. The van der Waals surface area contributed by atoms with Crippen molar-refractivity contribution in [2.24, 2.45) is 11.8 Å². The number of ether oxygens (including phenoxy) is 2. The van der Waals surface area contributed by atoms with Crippen molar-refractivity contribution in [1.29, 1.82) is 0 Å². The molecule has 2 aliphatic rings. The van der Waals surface area contributed by atoms with Gasteiger partial charge >= 0.3 is 0 Å². The predicted octanol–water partition coefficient (Wildman–Crippen LogP) is 3.11. The number of hydrogen-bond donors (Lipinski definition) is 1. The number of amides is 3. The molecule has 162 valence electrons. The highest BCUT2D eigenvalue weighted by Gasteiger charge is 2.50. The number of imide groups is 1. The molecule has 2 aromatic rings. The topological polar surface area (TPSA) is 97.8 Å². The third-order valence-electron chi connectivity index (χ3n) is 5.72. The van der Waals surface area contributed by atoms with Gasteiger partial charge in [0.2, 0.25) is 17.7 Å². The first-order valence-electron chi connectivity index (χ1n) is 9.95. The van der Waals surface area contributed by atoms with Gasteiger partial charge in [-0.1, -0.05) is 12.2 Å². The van der Waals surface area contributed by atoms with Crippen molar-refractivity contribution >= 4 is 34.2 Å². The summed E-state index contributed by atoms with van der Waals surface area (Å²) in [4.78, 5) is 43.8. The van der Waals surface area contributed by atoms with Gasteiger partial charge in [-0.3, -0.25) is 19.3 Å². The maximum absolute atomic E-state index is 12.8. The van der Waals surface area contributed by atoms with Crippen LogP contribution in [0.4, 0.5) is 5.13 Å². The molecule has 1 fully saturated rings. The lowest BCUT2D eigenvalue weighted by atomic mass is 9.85. The third-order valence-corrected chi connectivity index (χ3v) is 6.48. The highest BCUT2D eigenvalue weighted by molar-refractivity contribution is 7.14. The zero-order valence-electron chi connectivity index (χ0n) is 17.5. The highest BCUT2D eigenvalue weighted by atomic mass is 32.1. The number of carbonyl (C=O) groups excluding carboxylic acids is 3. The van der Waals surface area contributed by atoms with Crippen LogP contribution in [0.25, 0.3) is 11.3 Å². The summed E-state index contributed by atoms with van der Waals surface area (Å²) in [7, 11) is 3.12. The fourth-order valence-electron chi connectivity index (χ4n) is 3.99. The van der Waals surface area contributed by atoms with E-state index in [1.807, 2.05) is 23.6 Å². The smallest absolute Gasteiger partial charge is 0.249 e. The maximum atomic E-state index is 12.8. The van der Waals surface area contributed by atoms with Crippen LogP contribution < -0.4 is 14.8 Å². The number of hydrogen-bond acceptors (Lipinski definition) is 7. The van der Waals surface area contributed by atoms with Crippen LogP contribution in [-0.4, -0.2) is 47.9 Å². The van der Waals surface area contributed by atoms with Crippen LogP contribution in [0.1, 0.15) is 19.8 Å². The molecule has 8 nitrogen and oxygen atoms in total. The lowest BCUT2D eigenvalue weighted by Gasteiger charge is -2.21. The molecule has 0 spiro atoms. The number of nitrogens with one attached hydrogen (secondary N) is 1. The van der Waals surface area contributed by atoms with Gasteiger partial charge in [0.25, 0.3) is 0 Å². The van der Waals surface area contributed by atoms with Gasteiger partial charge in [0.05, 0.1) is 31.7 Å². The number of benzene rings is 1. The minimum absolute atomic E-state index is 0.271. The normalized spacial score (nSPS) is 21.1. The Balaban J connectivity index is 1.47. The lowest BCUT2D eigenvalue weighted by molar-refractivity contribution is -0.146. The first-order valence-corrected chi connectivity index (χ1v) is 10.8. The summed E-state index contributed by atoms with van der Waals surface area (Å²) >= 11 is 1.26. The fourth-order valence-corrected chi connectivity index (χ4v) is 4.72. The molecule has 1 N–H and O–H groups in total. The SMILES string of the molecule is COc1ccc(-c2csc(NC(=O)[C@H](C)N3C(=O)[C@H]4CC=CC[C@@H]4C3=O)n2)cc1OC. The zero-order valence-corrected chi connectivity index (χ0v) is 18.3. The van der Waals surface area contributed by atoms with Crippen molar-refractivity contribution in [1.82, 2.24) is 9.88 Å². The van der Waals surface area contributed by atoms with Crippen LogP contribution in [0, 0.1) is 11.8 Å². The third kappa shape index (κ3) is 3.81. The van der Waals surface area contributed by atoms with E-state index in [4.69, 9.17) is 9.47 Å². The summed E-state index contributed by atoms with van der Waals surface area (Å²) in [5, 5.41) is 4.94. The Morgan fingerprint density at radius 3 is 2.39 bits per heavy atom. The van der Waals surface area contributed by atoms with E-state index >= 15 is 0 Å². The lowest BCUT2D eigenvalue weighted by Crippen LogP contribution is -2.46. The Kier molecular flexibility index (Phi) is 5.77. The van der Waals surface area contributed by atoms with Gasteiger partial charge in [-0.2, -0.15) is 0 Å². The monoisotopic (exact) mass is 441 g/mol. The Bertz CT molecular complexity index is 1040. The van der Waals surface area contributed by atoms with Crippen LogP contribution in [0.2, 0.25) is 0 Å². The summed E-state index contributed by atoms with van der Waals surface area (Å²) in [6.45, 7) is 1.57. The second-order valence-electron chi connectivity index (χ2n) is 7.48. The Hall–Kier alpha value is -3.20. The van der Waals surface area contributed by atoms with Gasteiger partial charge in [-0.15, -0.1) is 11.3 Å². The van der Waals surface area contributed by atoms with Crippen molar-refractivity contribution in [3.05, 3.63) is 35.7 Å². The molecule has 9 heteroatoms. The molecule has 0 unspecified atom stereocenters. The van der Waals surface area contributed by atoms with E-state index in [1.165, 1.54) is 11.3 Å². The zero-order chi connectivity index (χ0) is 22.1. The summed E-state index contributed by atoms with van der Waals surface area (Å²) in [6, 6.07) is 4.53. The van der Waals surface area contributed by atoms with E-state index in [0.717, 1.165) is 10.5 Å². The summed E-state index contributed by atoms with van der Waals surface area (Å²) in [6.07, 6.45) is 4.93. The van der Waals surface area contributed by atoms with E-state index < -0.39 is 11.9 Å². The summed E-state index contributed by atoms with van der Waals surface area (Å²) < 4.78 is 10.6.